The molecule has 0 saturated carbocycles. The SMILES string of the molecule is Cc1c(C)c(C)c2c(c1C)CC1CC(=O)NCCN21. The predicted octanol–water partition coefficient (Wildman–Crippen LogP) is 2.17. The standard InChI is InChI=1S/C16H22N2O/c1-9-10(2)12(4)16-14(11(9)3)7-13-8-15(19)17-5-6-18(13)16/h13H,5-8H2,1-4H3,(H,17,19). The Kier molecular flexibility index (Phi) is 2.80. The van der Waals surface area contributed by atoms with Gasteiger partial charge < -0.3 is 10.2 Å². The number of hydrogen-bond donors (Lipinski definition) is 1. The maximum absolute atomic E-state index is 11.7. The molecule has 1 saturated heterocycles. The maximum Gasteiger partial charge on any atom is 0.222 e. The molecular weight excluding hydrogens is 236 g/mol. The minimum absolute atomic E-state index is 0.198. The van der Waals surface area contributed by atoms with Crippen molar-refractivity contribution in [3.63, 3.8) is 0 Å². The highest BCUT2D eigenvalue weighted by molar-refractivity contribution is 5.80. The van der Waals surface area contributed by atoms with E-state index in [9.17, 15) is 4.79 Å². The third-order valence-electron chi connectivity index (χ3n) is 5.04. The maximum atomic E-state index is 11.7. The summed E-state index contributed by atoms with van der Waals surface area (Å²) in [6.45, 7) is 10.6. The molecule has 3 heteroatoms. The summed E-state index contributed by atoms with van der Waals surface area (Å²) in [6, 6.07) is 0.357. The minimum Gasteiger partial charge on any atom is -0.365 e. The summed E-state index contributed by atoms with van der Waals surface area (Å²) >= 11 is 0. The molecule has 1 aromatic carbocycles. The fourth-order valence-electron chi connectivity index (χ4n) is 3.62. The van der Waals surface area contributed by atoms with Gasteiger partial charge in [0.25, 0.3) is 0 Å². The van der Waals surface area contributed by atoms with Gasteiger partial charge in [0.05, 0.1) is 0 Å². The lowest BCUT2D eigenvalue weighted by atomic mass is 9.92. The van der Waals surface area contributed by atoms with E-state index in [1.54, 1.807) is 0 Å². The zero-order valence-electron chi connectivity index (χ0n) is 12.3. The highest BCUT2D eigenvalue weighted by Gasteiger charge is 2.35. The van der Waals surface area contributed by atoms with E-state index in [4.69, 9.17) is 0 Å². The van der Waals surface area contributed by atoms with Crippen LogP contribution in [0.2, 0.25) is 0 Å². The summed E-state index contributed by atoms with van der Waals surface area (Å²) in [5.74, 6) is 0.198. The van der Waals surface area contributed by atoms with Gasteiger partial charge in [-0.3, -0.25) is 4.79 Å². The van der Waals surface area contributed by atoms with Crippen molar-refractivity contribution < 1.29 is 4.79 Å². The van der Waals surface area contributed by atoms with E-state index in [1.807, 2.05) is 0 Å². The highest BCUT2D eigenvalue weighted by atomic mass is 16.1. The van der Waals surface area contributed by atoms with Gasteiger partial charge in [-0.1, -0.05) is 0 Å². The Morgan fingerprint density at radius 1 is 1.00 bits per heavy atom. The van der Waals surface area contributed by atoms with Crippen LogP contribution in [0.5, 0.6) is 0 Å². The molecule has 1 aromatic rings. The van der Waals surface area contributed by atoms with Crippen molar-refractivity contribution in [2.75, 3.05) is 18.0 Å². The molecular formula is C16H22N2O. The molecule has 2 aliphatic rings. The van der Waals surface area contributed by atoms with Crippen molar-refractivity contribution in [1.82, 2.24) is 5.32 Å². The number of carbonyl (C=O) groups is 1. The molecule has 0 aromatic heterocycles. The van der Waals surface area contributed by atoms with E-state index in [-0.39, 0.29) is 5.91 Å². The molecule has 1 unspecified atom stereocenters. The van der Waals surface area contributed by atoms with Crippen LogP contribution in [-0.2, 0) is 11.2 Å². The van der Waals surface area contributed by atoms with Crippen LogP contribution in [0.3, 0.4) is 0 Å². The molecule has 19 heavy (non-hydrogen) atoms. The van der Waals surface area contributed by atoms with Crippen molar-refractivity contribution in [3.05, 3.63) is 27.8 Å². The molecule has 1 N–H and O–H groups in total. The monoisotopic (exact) mass is 258 g/mol. The van der Waals surface area contributed by atoms with Gasteiger partial charge in [0.1, 0.15) is 0 Å². The fraction of sp³-hybridized carbons (Fsp3) is 0.562. The Morgan fingerprint density at radius 2 is 1.68 bits per heavy atom. The largest absolute Gasteiger partial charge is 0.365 e. The second-order valence-electron chi connectivity index (χ2n) is 5.93. The van der Waals surface area contributed by atoms with Crippen molar-refractivity contribution in [1.29, 1.82) is 0 Å². The zero-order valence-corrected chi connectivity index (χ0v) is 12.3. The Morgan fingerprint density at radius 3 is 2.42 bits per heavy atom. The first-order valence-electron chi connectivity index (χ1n) is 7.13. The number of rotatable bonds is 0. The zero-order chi connectivity index (χ0) is 13.7. The average Bonchev–Trinajstić information content (AvgIpc) is 2.63. The number of amides is 1. The van der Waals surface area contributed by atoms with Crippen LogP contribution < -0.4 is 10.2 Å². The number of nitrogens with zero attached hydrogens (tertiary/aromatic N) is 1. The first kappa shape index (κ1) is 12.5. The van der Waals surface area contributed by atoms with Gasteiger partial charge in [0, 0.05) is 31.2 Å². The molecule has 0 aliphatic carbocycles. The molecule has 3 nitrogen and oxygen atoms in total. The Labute approximate surface area is 115 Å². The predicted molar refractivity (Wildman–Crippen MR) is 77.9 cm³/mol. The first-order chi connectivity index (χ1) is 9.00. The van der Waals surface area contributed by atoms with Crippen molar-refractivity contribution in [2.24, 2.45) is 0 Å². The molecule has 102 valence electrons. The van der Waals surface area contributed by atoms with Gasteiger partial charge in [-0.05, 0) is 61.9 Å². The molecule has 2 heterocycles. The van der Waals surface area contributed by atoms with Gasteiger partial charge in [0.2, 0.25) is 5.91 Å². The third kappa shape index (κ3) is 1.75. The van der Waals surface area contributed by atoms with Crippen LogP contribution in [0.25, 0.3) is 0 Å². The highest BCUT2D eigenvalue weighted by Crippen LogP contribution is 2.41. The van der Waals surface area contributed by atoms with E-state index in [2.05, 4.69) is 37.9 Å². The van der Waals surface area contributed by atoms with Gasteiger partial charge in [0.15, 0.2) is 0 Å². The summed E-state index contributed by atoms with van der Waals surface area (Å²) in [4.78, 5) is 14.2. The van der Waals surface area contributed by atoms with E-state index in [0.717, 1.165) is 19.5 Å². The Bertz CT molecular complexity index is 563. The molecule has 0 bridgehead atoms. The molecule has 1 amide bonds. The van der Waals surface area contributed by atoms with Gasteiger partial charge >= 0.3 is 0 Å². The molecule has 3 rings (SSSR count). The normalized spacial score (nSPS) is 21.8. The van der Waals surface area contributed by atoms with E-state index in [1.165, 1.54) is 33.5 Å². The number of fused-ring (bicyclic) bond motifs is 3. The summed E-state index contributed by atoms with van der Waals surface area (Å²) in [6.07, 6.45) is 1.65. The first-order valence-corrected chi connectivity index (χ1v) is 7.13. The number of hydrogen-bond acceptors (Lipinski definition) is 2. The quantitative estimate of drug-likeness (QED) is 0.773. The molecule has 0 radical (unpaired) electrons. The molecule has 0 spiro atoms. The van der Waals surface area contributed by atoms with Crippen LogP contribution in [0.1, 0.15) is 34.2 Å². The van der Waals surface area contributed by atoms with Crippen LogP contribution in [0, 0.1) is 27.7 Å². The summed E-state index contributed by atoms with van der Waals surface area (Å²) in [5, 5.41) is 2.98. The second kappa shape index (κ2) is 4.26. The lowest BCUT2D eigenvalue weighted by molar-refractivity contribution is -0.120. The van der Waals surface area contributed by atoms with Crippen LogP contribution in [0.4, 0.5) is 5.69 Å². The lowest BCUT2D eigenvalue weighted by Crippen LogP contribution is -2.33. The average molecular weight is 258 g/mol. The van der Waals surface area contributed by atoms with Crippen LogP contribution in [0.15, 0.2) is 0 Å². The third-order valence-corrected chi connectivity index (χ3v) is 5.04. The smallest absolute Gasteiger partial charge is 0.222 e. The van der Waals surface area contributed by atoms with E-state index in [0.29, 0.717) is 12.5 Å². The second-order valence-corrected chi connectivity index (χ2v) is 5.93. The topological polar surface area (TPSA) is 32.3 Å². The fourth-order valence-corrected chi connectivity index (χ4v) is 3.62. The number of anilines is 1. The minimum atomic E-state index is 0.198. The van der Waals surface area contributed by atoms with Crippen molar-refractivity contribution >= 4 is 11.6 Å². The van der Waals surface area contributed by atoms with E-state index >= 15 is 0 Å². The molecule has 1 atom stereocenters. The van der Waals surface area contributed by atoms with E-state index < -0.39 is 0 Å². The van der Waals surface area contributed by atoms with Crippen LogP contribution in [-0.4, -0.2) is 25.0 Å². The van der Waals surface area contributed by atoms with Gasteiger partial charge in [-0.15, -0.1) is 0 Å². The van der Waals surface area contributed by atoms with Gasteiger partial charge in [-0.25, -0.2) is 0 Å². The number of nitrogens with one attached hydrogen (secondary N) is 1. The Hall–Kier alpha value is -1.51. The van der Waals surface area contributed by atoms with Crippen LogP contribution >= 0.6 is 0 Å². The number of carbonyl (C=O) groups excluding carboxylic acids is 1. The summed E-state index contributed by atoms with van der Waals surface area (Å²) < 4.78 is 0. The van der Waals surface area contributed by atoms with Gasteiger partial charge in [-0.2, -0.15) is 0 Å². The van der Waals surface area contributed by atoms with Crippen molar-refractivity contribution in [3.8, 4) is 0 Å². The number of benzene rings is 1. The lowest BCUT2D eigenvalue weighted by Gasteiger charge is -2.26. The summed E-state index contributed by atoms with van der Waals surface area (Å²) in [7, 11) is 0. The Balaban J connectivity index is 2.14. The molecule has 1 fully saturated rings. The molecule has 2 aliphatic heterocycles. The summed E-state index contributed by atoms with van der Waals surface area (Å²) in [5.41, 5.74) is 8.52. The van der Waals surface area contributed by atoms with Crippen molar-refractivity contribution in [2.45, 2.75) is 46.6 Å².